The number of hydrogen-bond donors (Lipinski definition) is 1. The Kier molecular flexibility index (Phi) is 6.09. The van der Waals surface area contributed by atoms with E-state index in [1.165, 1.54) is 16.4 Å². The van der Waals surface area contributed by atoms with E-state index in [2.05, 4.69) is 19.2 Å². The van der Waals surface area contributed by atoms with Crippen LogP contribution in [0.2, 0.25) is 0 Å². The van der Waals surface area contributed by atoms with Gasteiger partial charge in [0, 0.05) is 18.8 Å². The topological polar surface area (TPSA) is 92.8 Å². The Morgan fingerprint density at radius 1 is 1.07 bits per heavy atom. The summed E-state index contributed by atoms with van der Waals surface area (Å²) in [5, 5.41) is 2.62. The Morgan fingerprint density at radius 3 is 2.18 bits per heavy atom. The van der Waals surface area contributed by atoms with Crippen molar-refractivity contribution in [1.82, 2.24) is 4.31 Å². The second-order valence-electron chi connectivity index (χ2n) is 8.27. The molecule has 28 heavy (non-hydrogen) atoms. The second-order valence-corrected chi connectivity index (χ2v) is 10.2. The molecule has 0 aromatic heterocycles. The third-order valence-electron chi connectivity index (χ3n) is 5.37. The van der Waals surface area contributed by atoms with E-state index in [4.69, 9.17) is 4.74 Å². The second kappa shape index (κ2) is 8.21. The van der Waals surface area contributed by atoms with Crippen LogP contribution in [0, 0.1) is 23.7 Å². The lowest BCUT2D eigenvalue weighted by molar-refractivity contribution is -0.148. The van der Waals surface area contributed by atoms with Crippen LogP contribution in [-0.2, 0) is 24.3 Å². The van der Waals surface area contributed by atoms with E-state index in [1.807, 2.05) is 6.92 Å². The molecular formula is C20H28N2O5S. The fourth-order valence-corrected chi connectivity index (χ4v) is 5.43. The zero-order valence-corrected chi connectivity index (χ0v) is 17.4. The molecule has 0 unspecified atom stereocenters. The average molecular weight is 409 g/mol. The van der Waals surface area contributed by atoms with Crippen molar-refractivity contribution in [3.05, 3.63) is 24.3 Å². The third kappa shape index (κ3) is 4.91. The van der Waals surface area contributed by atoms with Gasteiger partial charge in [-0.2, -0.15) is 4.31 Å². The van der Waals surface area contributed by atoms with Gasteiger partial charge in [-0.15, -0.1) is 0 Å². The smallest absolute Gasteiger partial charge is 0.309 e. The summed E-state index contributed by atoms with van der Waals surface area (Å²) in [6, 6.07) is 6.08. The zero-order chi connectivity index (χ0) is 20.5. The van der Waals surface area contributed by atoms with Crippen LogP contribution in [0.5, 0.6) is 0 Å². The first-order valence-corrected chi connectivity index (χ1v) is 11.2. The number of carbonyl (C=O) groups is 2. The molecule has 1 saturated heterocycles. The SMILES string of the molecule is C[C@@H]1C[C@@H](C)CN(S(=O)(=O)c2ccc(NC(=O)COC(=O)[C@@H]3C[C@@H]3C)cc2)C1. The quantitative estimate of drug-likeness (QED) is 0.730. The van der Waals surface area contributed by atoms with Gasteiger partial charge in [-0.05, 0) is 54.9 Å². The van der Waals surface area contributed by atoms with E-state index in [0.717, 1.165) is 12.8 Å². The van der Waals surface area contributed by atoms with Gasteiger partial charge in [-0.1, -0.05) is 20.8 Å². The first-order chi connectivity index (χ1) is 13.2. The summed E-state index contributed by atoms with van der Waals surface area (Å²) in [5.74, 6) is 0.121. The summed E-state index contributed by atoms with van der Waals surface area (Å²) in [6.45, 7) is 6.80. The lowest BCUT2D eigenvalue weighted by Crippen LogP contribution is -2.42. The van der Waals surface area contributed by atoms with Gasteiger partial charge in [-0.3, -0.25) is 9.59 Å². The summed E-state index contributed by atoms with van der Waals surface area (Å²) in [4.78, 5) is 23.8. The Labute approximate surface area is 166 Å². The lowest BCUT2D eigenvalue weighted by atomic mass is 9.94. The van der Waals surface area contributed by atoms with Gasteiger partial charge in [0.05, 0.1) is 10.8 Å². The minimum absolute atomic E-state index is 0.0856. The van der Waals surface area contributed by atoms with Gasteiger partial charge in [0.1, 0.15) is 0 Å². The molecule has 4 atom stereocenters. The maximum atomic E-state index is 12.9. The van der Waals surface area contributed by atoms with Gasteiger partial charge >= 0.3 is 5.97 Å². The number of hydrogen-bond acceptors (Lipinski definition) is 5. The molecule has 1 N–H and O–H groups in total. The number of rotatable bonds is 6. The van der Waals surface area contributed by atoms with Crippen molar-refractivity contribution < 1.29 is 22.7 Å². The maximum Gasteiger partial charge on any atom is 0.309 e. The minimum Gasteiger partial charge on any atom is -0.455 e. The molecular weight excluding hydrogens is 380 g/mol. The number of sulfonamides is 1. The predicted octanol–water partition coefficient (Wildman–Crippen LogP) is 2.49. The van der Waals surface area contributed by atoms with Crippen molar-refractivity contribution in [2.45, 2.75) is 38.5 Å². The van der Waals surface area contributed by atoms with Gasteiger partial charge in [0.15, 0.2) is 6.61 Å². The third-order valence-corrected chi connectivity index (χ3v) is 7.21. The van der Waals surface area contributed by atoms with Crippen LogP contribution >= 0.6 is 0 Å². The number of carbonyl (C=O) groups excluding carboxylic acids is 2. The molecule has 1 amide bonds. The molecule has 1 aromatic carbocycles. The van der Waals surface area contributed by atoms with Gasteiger partial charge in [-0.25, -0.2) is 8.42 Å². The van der Waals surface area contributed by atoms with Crippen LogP contribution in [0.15, 0.2) is 29.2 Å². The highest BCUT2D eigenvalue weighted by molar-refractivity contribution is 7.89. The number of benzene rings is 1. The van der Waals surface area contributed by atoms with Crippen LogP contribution < -0.4 is 5.32 Å². The highest BCUT2D eigenvalue weighted by atomic mass is 32.2. The number of anilines is 1. The highest BCUT2D eigenvalue weighted by Crippen LogP contribution is 2.38. The van der Waals surface area contributed by atoms with Crippen LogP contribution in [0.1, 0.15) is 33.6 Å². The molecule has 1 saturated carbocycles. The van der Waals surface area contributed by atoms with E-state index in [-0.39, 0.29) is 23.4 Å². The van der Waals surface area contributed by atoms with Crippen LogP contribution in [0.4, 0.5) is 5.69 Å². The summed E-state index contributed by atoms with van der Waals surface area (Å²) in [6.07, 6.45) is 1.84. The van der Waals surface area contributed by atoms with Crippen LogP contribution in [0.25, 0.3) is 0 Å². The average Bonchev–Trinajstić information content (AvgIpc) is 3.36. The van der Waals surface area contributed by atoms with Crippen LogP contribution in [-0.4, -0.2) is 44.3 Å². The molecule has 1 aliphatic heterocycles. The summed E-state index contributed by atoms with van der Waals surface area (Å²) in [7, 11) is -3.55. The molecule has 8 heteroatoms. The van der Waals surface area contributed by atoms with Crippen molar-refractivity contribution in [3.8, 4) is 0 Å². The summed E-state index contributed by atoms with van der Waals surface area (Å²) in [5.41, 5.74) is 0.458. The zero-order valence-electron chi connectivity index (χ0n) is 16.6. The van der Waals surface area contributed by atoms with Crippen LogP contribution in [0.3, 0.4) is 0 Å². The largest absolute Gasteiger partial charge is 0.455 e. The first kappa shape index (κ1) is 20.8. The number of nitrogens with zero attached hydrogens (tertiary/aromatic N) is 1. The van der Waals surface area contributed by atoms with Crippen molar-refractivity contribution in [2.75, 3.05) is 25.0 Å². The van der Waals surface area contributed by atoms with Gasteiger partial charge < -0.3 is 10.1 Å². The molecule has 1 heterocycles. The molecule has 0 bridgehead atoms. The lowest BCUT2D eigenvalue weighted by Gasteiger charge is -2.34. The number of nitrogens with one attached hydrogen (secondary N) is 1. The molecule has 7 nitrogen and oxygen atoms in total. The van der Waals surface area contributed by atoms with E-state index in [9.17, 15) is 18.0 Å². The van der Waals surface area contributed by atoms with Crippen molar-refractivity contribution in [2.24, 2.45) is 23.7 Å². The van der Waals surface area contributed by atoms with Crippen molar-refractivity contribution >= 4 is 27.6 Å². The number of ether oxygens (including phenoxy) is 1. The highest BCUT2D eigenvalue weighted by Gasteiger charge is 2.40. The Hall–Kier alpha value is -1.93. The van der Waals surface area contributed by atoms with E-state index >= 15 is 0 Å². The standard InChI is InChI=1S/C20H28N2O5S/c1-13-8-14(2)11-22(10-13)28(25,26)17-6-4-16(5-7-17)21-19(23)12-27-20(24)18-9-15(18)3/h4-7,13-15,18H,8-12H2,1-3H3,(H,21,23)/t13-,14-,15+,18-/m1/s1. The Balaban J connectivity index is 1.56. The predicted molar refractivity (Wildman–Crippen MR) is 105 cm³/mol. The fourth-order valence-electron chi connectivity index (χ4n) is 3.75. The van der Waals surface area contributed by atoms with E-state index < -0.39 is 15.9 Å². The monoisotopic (exact) mass is 408 g/mol. The molecule has 154 valence electrons. The van der Waals surface area contributed by atoms with Gasteiger partial charge in [0.2, 0.25) is 10.0 Å². The number of piperidine rings is 1. The normalized spacial score (nSPS) is 27.8. The Bertz CT molecular complexity index is 827. The number of amides is 1. The number of esters is 1. The minimum atomic E-state index is -3.55. The molecule has 0 spiro atoms. The fraction of sp³-hybridized carbons (Fsp3) is 0.600. The molecule has 1 aromatic rings. The molecule has 3 rings (SSSR count). The molecule has 1 aliphatic carbocycles. The van der Waals surface area contributed by atoms with E-state index in [1.54, 1.807) is 12.1 Å². The summed E-state index contributed by atoms with van der Waals surface area (Å²) < 4.78 is 32.3. The van der Waals surface area contributed by atoms with Gasteiger partial charge in [0.25, 0.3) is 5.91 Å². The molecule has 2 fully saturated rings. The molecule has 2 aliphatic rings. The molecule has 0 radical (unpaired) electrons. The van der Waals surface area contributed by atoms with E-state index in [0.29, 0.717) is 36.5 Å². The maximum absolute atomic E-state index is 12.9. The summed E-state index contributed by atoms with van der Waals surface area (Å²) >= 11 is 0. The Morgan fingerprint density at radius 2 is 1.64 bits per heavy atom. The van der Waals surface area contributed by atoms with Crippen molar-refractivity contribution in [3.63, 3.8) is 0 Å². The van der Waals surface area contributed by atoms with Crippen molar-refractivity contribution in [1.29, 1.82) is 0 Å². The first-order valence-electron chi connectivity index (χ1n) is 9.73.